The molecule has 2 aliphatic heterocycles. The van der Waals surface area contributed by atoms with E-state index < -0.39 is 5.60 Å². The summed E-state index contributed by atoms with van der Waals surface area (Å²) in [5, 5.41) is 0. The van der Waals surface area contributed by atoms with E-state index in [0.29, 0.717) is 5.92 Å². The van der Waals surface area contributed by atoms with Gasteiger partial charge in [0.15, 0.2) is 0 Å². The number of amides is 1. The number of rotatable bonds is 3. The van der Waals surface area contributed by atoms with Crippen molar-refractivity contribution < 1.29 is 13.9 Å². The van der Waals surface area contributed by atoms with Crippen LogP contribution in [0.5, 0.6) is 0 Å². The topological polar surface area (TPSA) is 32.8 Å². The Kier molecular flexibility index (Phi) is 5.58. The molecule has 2 unspecified atom stereocenters. The molecule has 2 aliphatic rings. The molecule has 0 aromatic rings. The molecule has 0 aromatic heterocycles. The fourth-order valence-corrected chi connectivity index (χ4v) is 3.73. The molecule has 0 saturated carbocycles. The smallest absolute Gasteiger partial charge is 0.410 e. The van der Waals surface area contributed by atoms with Crippen molar-refractivity contribution in [3.63, 3.8) is 0 Å². The molecule has 0 N–H and O–H groups in total. The molecule has 2 fully saturated rings. The van der Waals surface area contributed by atoms with E-state index in [4.69, 9.17) is 4.74 Å². The van der Waals surface area contributed by atoms with Crippen molar-refractivity contribution in [1.29, 1.82) is 0 Å². The van der Waals surface area contributed by atoms with E-state index in [1.165, 1.54) is 0 Å². The summed E-state index contributed by atoms with van der Waals surface area (Å²) in [6.45, 7) is 11.6. The average Bonchev–Trinajstić information content (AvgIpc) is 2.85. The van der Waals surface area contributed by atoms with Gasteiger partial charge in [0, 0.05) is 25.3 Å². The first-order valence-electron chi connectivity index (χ1n) is 8.82. The molecular weight excluding hydrogens is 295 g/mol. The van der Waals surface area contributed by atoms with Crippen molar-refractivity contribution >= 4 is 6.09 Å². The van der Waals surface area contributed by atoms with Crippen LogP contribution in [0.2, 0.25) is 0 Å². The normalized spacial score (nSPS) is 26.0. The van der Waals surface area contributed by atoms with E-state index >= 15 is 0 Å². The standard InChI is InChI=1S/C18H31FN2O2/c1-6-8-15(13(2)19)20-11-14-9-7-10-21(16(14)12-20)17(22)23-18(3,4)5/h14,16H,6-12H2,1-5H3. The van der Waals surface area contributed by atoms with Gasteiger partial charge in [-0.2, -0.15) is 0 Å². The van der Waals surface area contributed by atoms with Gasteiger partial charge in [0.2, 0.25) is 0 Å². The summed E-state index contributed by atoms with van der Waals surface area (Å²) < 4.78 is 19.5. The summed E-state index contributed by atoms with van der Waals surface area (Å²) in [6, 6.07) is 0.143. The molecule has 23 heavy (non-hydrogen) atoms. The minimum Gasteiger partial charge on any atom is -0.444 e. The second kappa shape index (κ2) is 7.10. The zero-order chi connectivity index (χ0) is 17.2. The third kappa shape index (κ3) is 4.39. The Labute approximate surface area is 139 Å². The fourth-order valence-electron chi connectivity index (χ4n) is 3.73. The molecule has 0 aromatic carbocycles. The van der Waals surface area contributed by atoms with E-state index in [0.717, 1.165) is 51.0 Å². The molecule has 2 saturated heterocycles. The number of likely N-dealkylation sites (tertiary alicyclic amines) is 2. The number of halogens is 1. The second-order valence-corrected chi connectivity index (χ2v) is 7.78. The van der Waals surface area contributed by atoms with E-state index in [1.807, 2.05) is 25.7 Å². The average molecular weight is 326 g/mol. The van der Waals surface area contributed by atoms with Crippen LogP contribution in [0.25, 0.3) is 0 Å². The molecule has 0 bridgehead atoms. The lowest BCUT2D eigenvalue weighted by molar-refractivity contribution is 0.00632. The van der Waals surface area contributed by atoms with E-state index in [2.05, 4.69) is 11.8 Å². The number of nitrogens with zero attached hydrogens (tertiary/aromatic N) is 2. The lowest BCUT2D eigenvalue weighted by Gasteiger charge is -2.37. The van der Waals surface area contributed by atoms with E-state index in [9.17, 15) is 9.18 Å². The number of carbonyl (C=O) groups excluding carboxylic acids is 1. The summed E-state index contributed by atoms with van der Waals surface area (Å²) in [6.07, 6.45) is 3.56. The number of piperidine rings is 1. The first-order chi connectivity index (χ1) is 10.7. The van der Waals surface area contributed by atoms with Gasteiger partial charge in [-0.25, -0.2) is 9.18 Å². The van der Waals surface area contributed by atoms with Gasteiger partial charge in [0.1, 0.15) is 11.4 Å². The lowest BCUT2D eigenvalue weighted by atomic mass is 9.92. The first-order valence-corrected chi connectivity index (χ1v) is 8.82. The van der Waals surface area contributed by atoms with Gasteiger partial charge in [-0.15, -0.1) is 0 Å². The Bertz CT molecular complexity index is 466. The highest BCUT2D eigenvalue weighted by molar-refractivity contribution is 5.69. The Hall–Kier alpha value is -1.26. The number of ether oxygens (including phenoxy) is 1. The maximum absolute atomic E-state index is 13.9. The fraction of sp³-hybridized carbons (Fsp3) is 0.833. The molecular formula is C18H31FN2O2. The van der Waals surface area contributed by atoms with Gasteiger partial charge >= 0.3 is 6.09 Å². The van der Waals surface area contributed by atoms with Gasteiger partial charge in [-0.05, 0) is 52.9 Å². The van der Waals surface area contributed by atoms with Crippen LogP contribution in [0, 0.1) is 5.92 Å². The van der Waals surface area contributed by atoms with Gasteiger partial charge in [-0.1, -0.05) is 13.3 Å². The summed E-state index contributed by atoms with van der Waals surface area (Å²) in [5.74, 6) is 0.330. The first kappa shape index (κ1) is 18.1. The maximum Gasteiger partial charge on any atom is 0.410 e. The van der Waals surface area contributed by atoms with Crippen molar-refractivity contribution in [2.24, 2.45) is 5.92 Å². The van der Waals surface area contributed by atoms with Gasteiger partial charge in [0.25, 0.3) is 0 Å². The monoisotopic (exact) mass is 326 g/mol. The summed E-state index contributed by atoms with van der Waals surface area (Å²) >= 11 is 0. The van der Waals surface area contributed by atoms with Crippen LogP contribution in [0.4, 0.5) is 9.18 Å². The van der Waals surface area contributed by atoms with Crippen LogP contribution in [0.3, 0.4) is 0 Å². The summed E-state index contributed by atoms with van der Waals surface area (Å²) in [7, 11) is 0. The Morgan fingerprint density at radius 3 is 2.57 bits per heavy atom. The van der Waals surface area contributed by atoms with E-state index in [-0.39, 0.29) is 18.0 Å². The highest BCUT2D eigenvalue weighted by atomic mass is 19.1. The van der Waals surface area contributed by atoms with Crippen LogP contribution in [-0.2, 0) is 4.74 Å². The predicted molar refractivity (Wildman–Crippen MR) is 89.7 cm³/mol. The molecule has 0 aliphatic carbocycles. The Morgan fingerprint density at radius 2 is 2.00 bits per heavy atom. The van der Waals surface area contributed by atoms with Crippen LogP contribution < -0.4 is 0 Å². The lowest BCUT2D eigenvalue weighted by Crippen LogP contribution is -2.50. The zero-order valence-corrected chi connectivity index (χ0v) is 15.2. The summed E-state index contributed by atoms with van der Waals surface area (Å²) in [5.41, 5.74) is 0.330. The molecule has 4 nitrogen and oxygen atoms in total. The number of fused-ring (bicyclic) bond motifs is 1. The van der Waals surface area contributed by atoms with Crippen molar-refractivity contribution in [2.45, 2.75) is 71.9 Å². The van der Waals surface area contributed by atoms with Crippen LogP contribution in [0.1, 0.15) is 60.3 Å². The van der Waals surface area contributed by atoms with Crippen LogP contribution >= 0.6 is 0 Å². The maximum atomic E-state index is 13.9. The molecule has 5 heteroatoms. The third-order valence-corrected chi connectivity index (χ3v) is 4.67. The molecule has 0 spiro atoms. The Morgan fingerprint density at radius 1 is 1.30 bits per heavy atom. The molecule has 132 valence electrons. The molecule has 2 rings (SSSR count). The quantitative estimate of drug-likeness (QED) is 0.774. The number of hydrogen-bond donors (Lipinski definition) is 0. The van der Waals surface area contributed by atoms with Crippen molar-refractivity contribution in [3.05, 3.63) is 11.5 Å². The second-order valence-electron chi connectivity index (χ2n) is 7.78. The highest BCUT2D eigenvalue weighted by Gasteiger charge is 2.42. The van der Waals surface area contributed by atoms with Gasteiger partial charge in [-0.3, -0.25) is 0 Å². The highest BCUT2D eigenvalue weighted by Crippen LogP contribution is 2.35. The predicted octanol–water partition coefficient (Wildman–Crippen LogP) is 4.32. The molecule has 0 radical (unpaired) electrons. The number of hydrogen-bond acceptors (Lipinski definition) is 3. The van der Waals surface area contributed by atoms with Crippen molar-refractivity contribution in [1.82, 2.24) is 9.80 Å². The molecule has 1 amide bonds. The SMILES string of the molecule is CCCC(=C(C)F)N1CC2CCCN(C(=O)OC(C)(C)C)C2C1. The largest absolute Gasteiger partial charge is 0.444 e. The minimum absolute atomic E-state index is 0.0886. The van der Waals surface area contributed by atoms with Crippen molar-refractivity contribution in [2.75, 3.05) is 19.6 Å². The van der Waals surface area contributed by atoms with Crippen molar-refractivity contribution in [3.8, 4) is 0 Å². The van der Waals surface area contributed by atoms with Gasteiger partial charge in [0.05, 0.1) is 6.04 Å². The minimum atomic E-state index is -0.481. The van der Waals surface area contributed by atoms with Gasteiger partial charge < -0.3 is 14.5 Å². The van der Waals surface area contributed by atoms with Crippen LogP contribution in [-0.4, -0.2) is 47.2 Å². The Balaban J connectivity index is 2.11. The van der Waals surface area contributed by atoms with Crippen LogP contribution in [0.15, 0.2) is 11.5 Å². The van der Waals surface area contributed by atoms with E-state index in [1.54, 1.807) is 6.92 Å². The zero-order valence-electron chi connectivity index (χ0n) is 15.2. The molecule has 2 atom stereocenters. The number of carbonyl (C=O) groups is 1. The number of allylic oxidation sites excluding steroid dienone is 2. The summed E-state index contributed by atoms with van der Waals surface area (Å²) in [4.78, 5) is 16.5. The molecule has 2 heterocycles. The third-order valence-electron chi connectivity index (χ3n) is 4.67.